The Morgan fingerprint density at radius 1 is 1.24 bits per heavy atom. The maximum atomic E-state index is 13.1. The molecule has 0 aliphatic rings. The van der Waals surface area contributed by atoms with Gasteiger partial charge < -0.3 is 9.84 Å². The molecule has 0 spiro atoms. The van der Waals surface area contributed by atoms with Crippen LogP contribution in [0.1, 0.15) is 43.5 Å². The molecule has 0 bridgehead atoms. The third-order valence-corrected chi connectivity index (χ3v) is 3.57. The molecule has 1 aromatic heterocycles. The molecule has 0 aliphatic heterocycles. The molecule has 114 valence electrons. The summed E-state index contributed by atoms with van der Waals surface area (Å²) in [6, 6.07) is 3.62. The molecule has 0 saturated heterocycles. The molecule has 1 aromatic carbocycles. The summed E-state index contributed by atoms with van der Waals surface area (Å²) in [5.41, 5.74) is 0.480. The Bertz CT molecular complexity index is 576. The largest absolute Gasteiger partial charge is 0.339 e. The number of rotatable bonds is 6. The highest BCUT2D eigenvalue weighted by atomic mass is 19.1. The van der Waals surface area contributed by atoms with Gasteiger partial charge in [0.25, 0.3) is 0 Å². The lowest BCUT2D eigenvalue weighted by molar-refractivity contribution is 0.324. The lowest BCUT2D eigenvalue weighted by Gasteiger charge is -2.18. The number of hydrogen-bond donors (Lipinski definition) is 1. The molecule has 1 N–H and O–H groups in total. The van der Waals surface area contributed by atoms with E-state index in [9.17, 15) is 8.78 Å². The van der Waals surface area contributed by atoms with Crippen LogP contribution in [-0.4, -0.2) is 23.2 Å². The molecule has 2 atom stereocenters. The summed E-state index contributed by atoms with van der Waals surface area (Å²) >= 11 is 0. The maximum Gasteiger partial charge on any atom is 0.231 e. The van der Waals surface area contributed by atoms with Crippen molar-refractivity contribution in [3.63, 3.8) is 0 Å². The molecule has 0 amide bonds. The third-order valence-electron chi connectivity index (χ3n) is 3.57. The van der Waals surface area contributed by atoms with Crippen LogP contribution in [0.25, 0.3) is 0 Å². The van der Waals surface area contributed by atoms with Crippen molar-refractivity contribution in [1.82, 2.24) is 15.5 Å². The number of benzene rings is 1. The van der Waals surface area contributed by atoms with Crippen LogP contribution in [0.15, 0.2) is 22.7 Å². The highest BCUT2D eigenvalue weighted by molar-refractivity contribution is 5.21. The minimum Gasteiger partial charge on any atom is -0.339 e. The first-order valence-corrected chi connectivity index (χ1v) is 6.98. The maximum absolute atomic E-state index is 13.1. The quantitative estimate of drug-likeness (QED) is 0.890. The van der Waals surface area contributed by atoms with Gasteiger partial charge in [-0.15, -0.1) is 0 Å². The van der Waals surface area contributed by atoms with Crippen molar-refractivity contribution in [3.8, 4) is 0 Å². The van der Waals surface area contributed by atoms with Gasteiger partial charge in [0.2, 0.25) is 5.89 Å². The number of nitrogens with one attached hydrogen (secondary N) is 1. The van der Waals surface area contributed by atoms with E-state index in [0.717, 1.165) is 12.5 Å². The van der Waals surface area contributed by atoms with E-state index in [2.05, 4.69) is 22.4 Å². The second kappa shape index (κ2) is 6.76. The SMILES string of the molecule is CCC(NC)C(C)c1nc(Cc2cc(F)cc(F)c2)no1. The Kier molecular flexibility index (Phi) is 5.01. The molecule has 21 heavy (non-hydrogen) atoms. The lowest BCUT2D eigenvalue weighted by Crippen LogP contribution is -2.30. The molecular weight excluding hydrogens is 276 g/mol. The summed E-state index contributed by atoms with van der Waals surface area (Å²) in [4.78, 5) is 4.32. The molecule has 2 unspecified atom stereocenters. The minimum atomic E-state index is -0.608. The molecule has 0 fully saturated rings. The van der Waals surface area contributed by atoms with Crippen molar-refractivity contribution < 1.29 is 13.3 Å². The Balaban J connectivity index is 2.12. The van der Waals surface area contributed by atoms with Gasteiger partial charge in [-0.05, 0) is 31.2 Å². The highest BCUT2D eigenvalue weighted by Gasteiger charge is 2.21. The normalized spacial score (nSPS) is 14.1. The van der Waals surface area contributed by atoms with Crippen molar-refractivity contribution in [2.24, 2.45) is 0 Å². The first-order chi connectivity index (χ1) is 10.0. The van der Waals surface area contributed by atoms with Crippen LogP contribution in [0, 0.1) is 11.6 Å². The van der Waals surface area contributed by atoms with E-state index in [-0.39, 0.29) is 18.4 Å². The van der Waals surface area contributed by atoms with E-state index < -0.39 is 11.6 Å². The Morgan fingerprint density at radius 2 is 1.90 bits per heavy atom. The molecule has 2 rings (SSSR count). The van der Waals surface area contributed by atoms with Gasteiger partial charge in [0.1, 0.15) is 11.6 Å². The fraction of sp³-hybridized carbons (Fsp3) is 0.467. The van der Waals surface area contributed by atoms with Crippen molar-refractivity contribution in [1.29, 1.82) is 0 Å². The smallest absolute Gasteiger partial charge is 0.231 e. The molecule has 0 aliphatic carbocycles. The summed E-state index contributed by atoms with van der Waals surface area (Å²) in [6.07, 6.45) is 1.17. The van der Waals surface area contributed by atoms with Crippen LogP contribution in [0.4, 0.5) is 8.78 Å². The number of halogens is 2. The fourth-order valence-electron chi connectivity index (χ4n) is 2.40. The molecule has 2 aromatic rings. The van der Waals surface area contributed by atoms with Gasteiger partial charge in [-0.1, -0.05) is 19.0 Å². The van der Waals surface area contributed by atoms with E-state index in [0.29, 0.717) is 17.3 Å². The van der Waals surface area contributed by atoms with Gasteiger partial charge in [0.05, 0.1) is 5.92 Å². The Hall–Kier alpha value is -1.82. The van der Waals surface area contributed by atoms with Crippen LogP contribution in [0.3, 0.4) is 0 Å². The molecule has 1 heterocycles. The van der Waals surface area contributed by atoms with Crippen molar-refractivity contribution in [2.75, 3.05) is 7.05 Å². The van der Waals surface area contributed by atoms with Gasteiger partial charge >= 0.3 is 0 Å². The van der Waals surface area contributed by atoms with Crippen molar-refractivity contribution >= 4 is 0 Å². The second-order valence-electron chi connectivity index (χ2n) is 5.10. The minimum absolute atomic E-state index is 0.0745. The monoisotopic (exact) mass is 295 g/mol. The summed E-state index contributed by atoms with van der Waals surface area (Å²) in [5, 5.41) is 7.08. The first kappa shape index (κ1) is 15.6. The van der Waals surface area contributed by atoms with Crippen molar-refractivity contribution in [3.05, 3.63) is 47.1 Å². The van der Waals surface area contributed by atoms with Crippen LogP contribution in [0.5, 0.6) is 0 Å². The summed E-state index contributed by atoms with van der Waals surface area (Å²) in [5.74, 6) is -0.187. The van der Waals surface area contributed by atoms with Crippen LogP contribution >= 0.6 is 0 Å². The number of aromatic nitrogens is 2. The third kappa shape index (κ3) is 3.85. The van der Waals surface area contributed by atoms with Crippen molar-refractivity contribution in [2.45, 2.75) is 38.6 Å². The summed E-state index contributed by atoms with van der Waals surface area (Å²) < 4.78 is 31.6. The van der Waals surface area contributed by atoms with Gasteiger partial charge in [0, 0.05) is 18.5 Å². The van der Waals surface area contributed by atoms with E-state index in [1.165, 1.54) is 12.1 Å². The molecular formula is C15H19F2N3O. The Labute approximate surface area is 122 Å². The van der Waals surface area contributed by atoms with Gasteiger partial charge in [0.15, 0.2) is 5.82 Å². The van der Waals surface area contributed by atoms with E-state index >= 15 is 0 Å². The summed E-state index contributed by atoms with van der Waals surface area (Å²) in [7, 11) is 1.89. The predicted octanol–water partition coefficient (Wildman–Crippen LogP) is 3.04. The standard InChI is InChI=1S/C15H19F2N3O/c1-4-13(18-3)9(2)15-19-14(20-21-15)7-10-5-11(16)8-12(17)6-10/h5-6,8-9,13,18H,4,7H2,1-3H3. The molecule has 4 nitrogen and oxygen atoms in total. The zero-order chi connectivity index (χ0) is 15.4. The van der Waals surface area contributed by atoms with Crippen LogP contribution in [0.2, 0.25) is 0 Å². The predicted molar refractivity (Wildman–Crippen MR) is 75.0 cm³/mol. The molecule has 6 heteroatoms. The number of likely N-dealkylation sites (N-methyl/N-ethyl adjacent to an activating group) is 1. The molecule has 0 saturated carbocycles. The van der Waals surface area contributed by atoms with Gasteiger partial charge in [-0.2, -0.15) is 4.98 Å². The van der Waals surface area contributed by atoms with E-state index in [1.807, 2.05) is 14.0 Å². The highest BCUT2D eigenvalue weighted by Crippen LogP contribution is 2.20. The van der Waals surface area contributed by atoms with E-state index in [4.69, 9.17) is 4.52 Å². The number of nitrogens with zero attached hydrogens (tertiary/aromatic N) is 2. The average molecular weight is 295 g/mol. The fourth-order valence-corrected chi connectivity index (χ4v) is 2.40. The average Bonchev–Trinajstić information content (AvgIpc) is 2.87. The van der Waals surface area contributed by atoms with Gasteiger partial charge in [-0.25, -0.2) is 8.78 Å². The lowest BCUT2D eigenvalue weighted by atomic mass is 10.00. The van der Waals surface area contributed by atoms with E-state index in [1.54, 1.807) is 0 Å². The van der Waals surface area contributed by atoms with Crippen LogP contribution < -0.4 is 5.32 Å². The zero-order valence-electron chi connectivity index (χ0n) is 12.4. The topological polar surface area (TPSA) is 51.0 Å². The van der Waals surface area contributed by atoms with Gasteiger partial charge in [-0.3, -0.25) is 0 Å². The first-order valence-electron chi connectivity index (χ1n) is 6.98. The zero-order valence-corrected chi connectivity index (χ0v) is 12.4. The van der Waals surface area contributed by atoms with Crippen LogP contribution in [-0.2, 0) is 6.42 Å². The second-order valence-corrected chi connectivity index (χ2v) is 5.10. The summed E-state index contributed by atoms with van der Waals surface area (Å²) in [6.45, 7) is 4.08. The molecule has 0 radical (unpaired) electrons. The number of hydrogen-bond acceptors (Lipinski definition) is 4. The Morgan fingerprint density at radius 3 is 2.48 bits per heavy atom.